The molecule has 0 fully saturated rings. The second kappa shape index (κ2) is 4.97. The Morgan fingerprint density at radius 2 is 2.24 bits per heavy atom. The van der Waals surface area contributed by atoms with E-state index < -0.39 is 5.82 Å². The molecule has 4 nitrogen and oxygen atoms in total. The third-order valence-corrected chi connectivity index (χ3v) is 2.25. The van der Waals surface area contributed by atoms with Gasteiger partial charge in [0.15, 0.2) is 0 Å². The Morgan fingerprint density at radius 1 is 1.41 bits per heavy atom. The summed E-state index contributed by atoms with van der Waals surface area (Å²) < 4.78 is 23.2. The van der Waals surface area contributed by atoms with Crippen LogP contribution in [0.3, 0.4) is 0 Å². The van der Waals surface area contributed by atoms with Gasteiger partial charge in [0, 0.05) is 11.6 Å². The van der Waals surface area contributed by atoms with Crippen molar-refractivity contribution in [1.29, 1.82) is 0 Å². The number of nitrogens with zero attached hydrogens (tertiary/aromatic N) is 1. The van der Waals surface area contributed by atoms with E-state index in [1.807, 2.05) is 0 Å². The lowest BCUT2D eigenvalue weighted by molar-refractivity contribution is 0.253. The van der Waals surface area contributed by atoms with Gasteiger partial charge in [-0.1, -0.05) is 5.16 Å². The summed E-state index contributed by atoms with van der Waals surface area (Å²) in [5.74, 6) is 0.735. The molecule has 5 heteroatoms. The molecule has 0 aliphatic heterocycles. The molecular formula is C12H12FNO3. The average molecular weight is 237 g/mol. The molecule has 1 aromatic heterocycles. The molecular weight excluding hydrogens is 225 g/mol. The second-order valence-corrected chi connectivity index (χ2v) is 3.63. The minimum absolute atomic E-state index is 0.218. The Hall–Kier alpha value is -1.88. The van der Waals surface area contributed by atoms with Crippen LogP contribution in [-0.4, -0.2) is 10.3 Å². The molecule has 90 valence electrons. The lowest BCUT2D eigenvalue weighted by atomic mass is 10.2. The molecule has 0 radical (unpaired) electrons. The molecule has 1 N–H and O–H groups in total. The highest BCUT2D eigenvalue weighted by atomic mass is 19.1. The summed E-state index contributed by atoms with van der Waals surface area (Å²) >= 11 is 0. The molecule has 1 aromatic carbocycles. The largest absolute Gasteiger partial charge is 0.487 e. The van der Waals surface area contributed by atoms with Crippen LogP contribution in [0.1, 0.15) is 17.0 Å². The van der Waals surface area contributed by atoms with E-state index in [1.54, 1.807) is 13.0 Å². The van der Waals surface area contributed by atoms with Crippen molar-refractivity contribution in [3.05, 3.63) is 47.1 Å². The van der Waals surface area contributed by atoms with E-state index in [0.717, 1.165) is 0 Å². The van der Waals surface area contributed by atoms with Gasteiger partial charge in [0.05, 0.1) is 6.61 Å². The van der Waals surface area contributed by atoms with Crippen molar-refractivity contribution in [2.45, 2.75) is 20.1 Å². The number of hydrogen-bond acceptors (Lipinski definition) is 4. The number of aryl methyl sites for hydroxylation is 1. The quantitative estimate of drug-likeness (QED) is 0.885. The lowest BCUT2D eigenvalue weighted by Crippen LogP contribution is -1.99. The minimum Gasteiger partial charge on any atom is -0.487 e. The topological polar surface area (TPSA) is 55.5 Å². The third-order valence-electron chi connectivity index (χ3n) is 2.25. The van der Waals surface area contributed by atoms with Gasteiger partial charge in [0.1, 0.15) is 29.6 Å². The van der Waals surface area contributed by atoms with Gasteiger partial charge in [-0.15, -0.1) is 0 Å². The fourth-order valence-electron chi connectivity index (χ4n) is 1.45. The van der Waals surface area contributed by atoms with Crippen LogP contribution in [-0.2, 0) is 13.2 Å². The average Bonchev–Trinajstić information content (AvgIpc) is 2.73. The number of halogens is 1. The number of aliphatic hydroxyl groups is 1. The molecule has 0 amide bonds. The van der Waals surface area contributed by atoms with Gasteiger partial charge < -0.3 is 14.4 Å². The molecule has 0 aliphatic rings. The molecule has 0 spiro atoms. The predicted octanol–water partition coefficient (Wildman–Crippen LogP) is 2.19. The molecule has 0 saturated carbocycles. The molecule has 2 rings (SSSR count). The molecule has 0 saturated heterocycles. The second-order valence-electron chi connectivity index (χ2n) is 3.63. The Kier molecular flexibility index (Phi) is 3.39. The third kappa shape index (κ3) is 2.82. The first-order valence-corrected chi connectivity index (χ1v) is 5.13. The first-order valence-electron chi connectivity index (χ1n) is 5.13. The summed E-state index contributed by atoms with van der Waals surface area (Å²) in [5, 5.41) is 12.8. The van der Waals surface area contributed by atoms with Gasteiger partial charge in [0.2, 0.25) is 0 Å². The lowest BCUT2D eigenvalue weighted by Gasteiger charge is -2.08. The Morgan fingerprint density at radius 3 is 2.88 bits per heavy atom. The number of hydrogen-bond donors (Lipinski definition) is 1. The maximum atomic E-state index is 12.9. The molecule has 0 bridgehead atoms. The van der Waals surface area contributed by atoms with Crippen LogP contribution < -0.4 is 4.74 Å². The van der Waals surface area contributed by atoms with Crippen LogP contribution in [0.15, 0.2) is 28.8 Å². The summed E-state index contributed by atoms with van der Waals surface area (Å²) in [6.07, 6.45) is 0. The van der Waals surface area contributed by atoms with Crippen molar-refractivity contribution in [2.24, 2.45) is 0 Å². The maximum Gasteiger partial charge on any atom is 0.134 e. The van der Waals surface area contributed by atoms with Gasteiger partial charge >= 0.3 is 0 Å². The summed E-state index contributed by atoms with van der Waals surface area (Å²) in [5.41, 5.74) is 1.06. The molecule has 0 aliphatic carbocycles. The smallest absolute Gasteiger partial charge is 0.134 e. The molecule has 17 heavy (non-hydrogen) atoms. The van der Waals surface area contributed by atoms with Crippen molar-refractivity contribution in [3.63, 3.8) is 0 Å². The van der Waals surface area contributed by atoms with Crippen molar-refractivity contribution >= 4 is 0 Å². The molecule has 2 aromatic rings. The van der Waals surface area contributed by atoms with Gasteiger partial charge in [-0.25, -0.2) is 4.39 Å². The number of benzene rings is 1. The standard InChI is InChI=1S/C12H12FNO3/c1-8-4-11(14-17-8)7-16-12-3-2-10(13)5-9(12)6-15/h2-5,15H,6-7H2,1H3. The molecule has 0 unspecified atom stereocenters. The Labute approximate surface area is 97.6 Å². The van der Waals surface area contributed by atoms with Crippen LogP contribution >= 0.6 is 0 Å². The van der Waals surface area contributed by atoms with Crippen LogP contribution in [0.4, 0.5) is 4.39 Å². The SMILES string of the molecule is Cc1cc(COc2ccc(F)cc2CO)no1. The molecule has 1 heterocycles. The Balaban J connectivity index is 2.08. The fraction of sp³-hybridized carbons (Fsp3) is 0.250. The summed E-state index contributed by atoms with van der Waals surface area (Å²) in [6.45, 7) is 1.73. The zero-order chi connectivity index (χ0) is 12.3. The highest BCUT2D eigenvalue weighted by Gasteiger charge is 2.06. The van der Waals surface area contributed by atoms with Crippen LogP contribution in [0, 0.1) is 12.7 Å². The van der Waals surface area contributed by atoms with E-state index in [0.29, 0.717) is 22.8 Å². The first-order chi connectivity index (χ1) is 8.19. The van der Waals surface area contributed by atoms with Gasteiger partial charge in [-0.3, -0.25) is 0 Å². The van der Waals surface area contributed by atoms with Crippen molar-refractivity contribution in [1.82, 2.24) is 5.16 Å². The normalized spacial score (nSPS) is 10.5. The van der Waals surface area contributed by atoms with Crippen LogP contribution in [0.25, 0.3) is 0 Å². The zero-order valence-corrected chi connectivity index (χ0v) is 9.31. The van der Waals surface area contributed by atoms with Crippen LogP contribution in [0.5, 0.6) is 5.75 Å². The van der Waals surface area contributed by atoms with Gasteiger partial charge in [-0.05, 0) is 25.1 Å². The number of rotatable bonds is 4. The predicted molar refractivity (Wildman–Crippen MR) is 57.9 cm³/mol. The number of ether oxygens (including phenoxy) is 1. The van der Waals surface area contributed by atoms with E-state index in [9.17, 15) is 4.39 Å². The zero-order valence-electron chi connectivity index (χ0n) is 9.31. The van der Waals surface area contributed by atoms with Crippen molar-refractivity contribution < 1.29 is 18.8 Å². The van der Waals surface area contributed by atoms with E-state index in [-0.39, 0.29) is 13.2 Å². The summed E-state index contributed by atoms with van der Waals surface area (Å²) in [7, 11) is 0. The maximum absolute atomic E-state index is 12.9. The summed E-state index contributed by atoms with van der Waals surface area (Å²) in [6, 6.07) is 5.75. The van der Waals surface area contributed by atoms with Crippen molar-refractivity contribution in [2.75, 3.05) is 0 Å². The van der Waals surface area contributed by atoms with Crippen molar-refractivity contribution in [3.8, 4) is 5.75 Å². The van der Waals surface area contributed by atoms with E-state index in [1.165, 1.54) is 18.2 Å². The highest BCUT2D eigenvalue weighted by molar-refractivity contribution is 5.33. The molecule has 0 atom stereocenters. The number of aliphatic hydroxyl groups excluding tert-OH is 1. The Bertz CT molecular complexity index is 510. The first kappa shape index (κ1) is 11.6. The van der Waals surface area contributed by atoms with E-state index in [2.05, 4.69) is 5.16 Å². The van der Waals surface area contributed by atoms with Crippen LogP contribution in [0.2, 0.25) is 0 Å². The minimum atomic E-state index is -0.404. The van der Waals surface area contributed by atoms with E-state index >= 15 is 0 Å². The fourth-order valence-corrected chi connectivity index (χ4v) is 1.45. The van der Waals surface area contributed by atoms with Gasteiger partial charge in [0.25, 0.3) is 0 Å². The monoisotopic (exact) mass is 237 g/mol. The van der Waals surface area contributed by atoms with Gasteiger partial charge in [-0.2, -0.15) is 0 Å². The summed E-state index contributed by atoms with van der Waals surface area (Å²) in [4.78, 5) is 0. The highest BCUT2D eigenvalue weighted by Crippen LogP contribution is 2.20. The van der Waals surface area contributed by atoms with E-state index in [4.69, 9.17) is 14.4 Å². The number of aromatic nitrogens is 1.